The number of aromatic nitrogens is 1. The molecule has 0 N–H and O–H groups in total. The number of esters is 4. The molecule has 0 radical (unpaired) electrons. The van der Waals surface area contributed by atoms with Crippen molar-refractivity contribution in [1.82, 2.24) is 4.57 Å². The second-order valence-corrected chi connectivity index (χ2v) is 9.23. The minimum Gasteiger partial charge on any atom is -0.493 e. The molecule has 1 saturated heterocycles. The first-order chi connectivity index (χ1) is 23.0. The van der Waals surface area contributed by atoms with E-state index in [2.05, 4.69) is 0 Å². The normalized spacial score (nSPS) is 22.3. The third kappa shape index (κ3) is 7.23. The lowest BCUT2D eigenvalue weighted by atomic mass is 9.98. The number of ether oxygens (including phenoxy) is 7. The van der Waals surface area contributed by atoms with E-state index in [4.69, 9.17) is 38.6 Å². The van der Waals surface area contributed by atoms with Crippen molar-refractivity contribution >= 4 is 40.5 Å². The largest absolute Gasteiger partial charge is 0.493 e. The topological polar surface area (TPSA) is 181 Å². The van der Waals surface area contributed by atoms with Crippen molar-refractivity contribution in [2.45, 2.75) is 58.3 Å². The van der Waals surface area contributed by atoms with Gasteiger partial charge in [0.2, 0.25) is 12.4 Å². The van der Waals surface area contributed by atoms with E-state index in [9.17, 15) is 29.3 Å². The first-order valence-corrected chi connectivity index (χ1v) is 12.7. The third-order valence-electron chi connectivity index (χ3n) is 6.36. The van der Waals surface area contributed by atoms with Crippen molar-refractivity contribution in [3.05, 3.63) is 58.8 Å². The Morgan fingerprint density at radius 3 is 2.23 bits per heavy atom. The summed E-state index contributed by atoms with van der Waals surface area (Å²) in [4.78, 5) is 59.5. The van der Waals surface area contributed by atoms with Gasteiger partial charge in [0, 0.05) is 68.6 Å². The van der Waals surface area contributed by atoms with Crippen LogP contribution in [-0.2, 0) is 42.9 Å². The average Bonchev–Trinajstić information content (AvgIpc) is 3.52. The molecule has 1 unspecified atom stereocenters. The maximum atomic E-state index is 12.4. The van der Waals surface area contributed by atoms with Gasteiger partial charge in [0.1, 0.15) is 12.7 Å². The predicted molar refractivity (Wildman–Crippen MR) is 149 cm³/mol. The van der Waals surface area contributed by atoms with E-state index in [-0.39, 0.29) is 17.2 Å². The number of nitro benzene ring substituents is 1. The van der Waals surface area contributed by atoms with Gasteiger partial charge in [-0.05, 0) is 24.3 Å². The van der Waals surface area contributed by atoms with E-state index in [1.54, 1.807) is 35.0 Å². The Hall–Kier alpha value is -5.18. The summed E-state index contributed by atoms with van der Waals surface area (Å²) in [6.45, 7) is -4.06. The van der Waals surface area contributed by atoms with Crippen molar-refractivity contribution in [3.8, 4) is 17.2 Å². The van der Waals surface area contributed by atoms with Crippen LogP contribution in [0.25, 0.3) is 16.6 Å². The molecule has 15 heteroatoms. The molecule has 1 fully saturated rings. The van der Waals surface area contributed by atoms with E-state index in [0.717, 1.165) is 0 Å². The molecule has 0 saturated carbocycles. The number of methoxy groups -OCH3 is 1. The number of carbonyl (C=O) groups is 4. The lowest BCUT2D eigenvalue weighted by molar-refractivity contribution is -0.384. The van der Waals surface area contributed by atoms with Crippen molar-refractivity contribution in [3.63, 3.8) is 0 Å². The van der Waals surface area contributed by atoms with Crippen molar-refractivity contribution in [1.29, 1.82) is 0 Å². The van der Waals surface area contributed by atoms with Gasteiger partial charge in [-0.3, -0.25) is 29.3 Å². The highest BCUT2D eigenvalue weighted by atomic mass is 16.7. The van der Waals surface area contributed by atoms with Gasteiger partial charge in [-0.15, -0.1) is 0 Å². The number of carbonyl (C=O) groups excluding carboxylic acids is 4. The Bertz CT molecular complexity index is 1670. The fraction of sp³-hybridized carbons (Fsp3) is 0.379. The second kappa shape index (κ2) is 13.4. The van der Waals surface area contributed by atoms with Crippen LogP contribution in [0, 0.1) is 10.1 Å². The number of nitrogens with zero attached hydrogens (tertiary/aromatic N) is 2. The van der Waals surface area contributed by atoms with Crippen molar-refractivity contribution in [2.24, 2.45) is 0 Å². The highest BCUT2D eigenvalue weighted by molar-refractivity contribution is 5.84. The first-order valence-electron chi connectivity index (χ1n) is 15.5. The molecule has 0 bridgehead atoms. The quantitative estimate of drug-likeness (QED) is 0.140. The summed E-state index contributed by atoms with van der Waals surface area (Å²) in [6, 6.07) is 10.7. The van der Waals surface area contributed by atoms with Crippen LogP contribution in [-0.4, -0.2) is 77.8 Å². The molecule has 234 valence electrons. The summed E-state index contributed by atoms with van der Waals surface area (Å²) >= 11 is 0. The van der Waals surface area contributed by atoms with Crippen LogP contribution >= 0.6 is 0 Å². The van der Waals surface area contributed by atoms with Gasteiger partial charge < -0.3 is 37.7 Å². The molecule has 3 aromatic rings. The molecule has 2 aromatic carbocycles. The van der Waals surface area contributed by atoms with E-state index in [1.807, 2.05) is 0 Å². The first kappa shape index (κ1) is 26.4. The average molecular weight is 619 g/mol. The van der Waals surface area contributed by atoms with E-state index in [1.165, 1.54) is 25.3 Å². The Kier molecular flexibility index (Phi) is 8.06. The third-order valence-corrected chi connectivity index (χ3v) is 6.36. The molecule has 4 rings (SSSR count). The molecule has 1 aliphatic rings. The second-order valence-electron chi connectivity index (χ2n) is 9.23. The van der Waals surface area contributed by atoms with Gasteiger partial charge in [0.15, 0.2) is 23.7 Å². The van der Waals surface area contributed by atoms with Crippen LogP contribution in [0.1, 0.15) is 33.1 Å². The number of rotatable bonds is 10. The van der Waals surface area contributed by atoms with Crippen molar-refractivity contribution < 1.29 is 62.7 Å². The SMILES string of the molecule is [2H]CC(=O)OC[C@H]1OC(Oc2ccc(-n3ccc4cc([N+](=O)[O-])ccc43)cc2OC)[C@@H](OC(=O)C[2H])[C@@H](OC(=O)C[2H])[C@@H]1OC(=O)C[2H]. The van der Waals surface area contributed by atoms with Gasteiger partial charge in [0.25, 0.3) is 5.69 Å². The number of non-ortho nitro benzene ring substituents is 1. The van der Waals surface area contributed by atoms with Gasteiger partial charge in [-0.1, -0.05) is 0 Å². The minimum absolute atomic E-state index is 0.000606. The number of hydrogen-bond donors (Lipinski definition) is 0. The van der Waals surface area contributed by atoms with Gasteiger partial charge in [-0.2, -0.15) is 0 Å². The van der Waals surface area contributed by atoms with Crippen LogP contribution < -0.4 is 9.47 Å². The van der Waals surface area contributed by atoms with Crippen LogP contribution in [0.4, 0.5) is 5.69 Å². The molecule has 0 amide bonds. The van der Waals surface area contributed by atoms with E-state index >= 15 is 0 Å². The Balaban J connectivity index is 1.74. The number of fused-ring (bicyclic) bond motifs is 1. The van der Waals surface area contributed by atoms with Crippen LogP contribution in [0.5, 0.6) is 11.5 Å². The van der Waals surface area contributed by atoms with Gasteiger partial charge in [-0.25, -0.2) is 0 Å². The highest BCUT2D eigenvalue weighted by Crippen LogP contribution is 2.36. The number of benzene rings is 2. The fourth-order valence-corrected chi connectivity index (χ4v) is 4.64. The molecule has 0 aliphatic carbocycles. The zero-order valence-corrected chi connectivity index (χ0v) is 23.2. The van der Waals surface area contributed by atoms with Crippen LogP contribution in [0.2, 0.25) is 0 Å². The highest BCUT2D eigenvalue weighted by Gasteiger charge is 2.53. The molecular formula is C29H30N2O13. The Morgan fingerprint density at radius 2 is 1.57 bits per heavy atom. The summed E-state index contributed by atoms with van der Waals surface area (Å²) in [5.41, 5.74) is 1.12. The maximum absolute atomic E-state index is 12.4. The summed E-state index contributed by atoms with van der Waals surface area (Å²) in [5, 5.41) is 11.8. The number of hydrogen-bond acceptors (Lipinski definition) is 13. The molecular weight excluding hydrogens is 584 g/mol. The van der Waals surface area contributed by atoms with Crippen molar-refractivity contribution in [2.75, 3.05) is 13.7 Å². The predicted octanol–water partition coefficient (Wildman–Crippen LogP) is 3.01. The summed E-state index contributed by atoms with van der Waals surface area (Å²) < 4.78 is 69.8. The van der Waals surface area contributed by atoms with Crippen LogP contribution in [0.3, 0.4) is 0 Å². The standard InChI is InChI=1S/C29H30N2O13/c1-15(32)39-14-25-26(40-16(2)33)27(41-17(3)34)28(42-18(4)35)29(44-25)43-23-9-7-20(13-24(23)38-5)30-11-10-19-12-21(31(36)37)6-8-22(19)30/h6-13,25-29H,14H2,1-5H3/t25-,26-,27+,28+,29?/m1/s1/i1D,2D,3D,4D. The smallest absolute Gasteiger partial charge is 0.303 e. The summed E-state index contributed by atoms with van der Waals surface area (Å²) in [7, 11) is 1.33. The monoisotopic (exact) mass is 618 g/mol. The number of nitro groups is 1. The zero-order chi connectivity index (χ0) is 35.0. The molecule has 5 atom stereocenters. The molecule has 2 heterocycles. The lowest BCUT2D eigenvalue weighted by Gasteiger charge is -2.44. The lowest BCUT2D eigenvalue weighted by Crippen LogP contribution is -2.63. The van der Waals surface area contributed by atoms with E-state index < -0.39 is 93.7 Å². The zero-order valence-electron chi connectivity index (χ0n) is 27.2. The molecule has 15 nitrogen and oxygen atoms in total. The van der Waals surface area contributed by atoms with Gasteiger partial charge in [0.05, 0.1) is 17.5 Å². The Labute approximate surface area is 256 Å². The molecule has 0 spiro atoms. The molecule has 44 heavy (non-hydrogen) atoms. The summed E-state index contributed by atoms with van der Waals surface area (Å²) in [6.07, 6.45) is -6.57. The Morgan fingerprint density at radius 1 is 0.886 bits per heavy atom. The van der Waals surface area contributed by atoms with Crippen LogP contribution in [0.15, 0.2) is 48.7 Å². The fourth-order valence-electron chi connectivity index (χ4n) is 4.64. The molecule has 1 aromatic heterocycles. The minimum atomic E-state index is -1.73. The van der Waals surface area contributed by atoms with E-state index in [0.29, 0.717) is 16.6 Å². The summed E-state index contributed by atoms with van der Waals surface area (Å²) in [5.74, 6) is -4.22. The maximum Gasteiger partial charge on any atom is 0.303 e. The van der Waals surface area contributed by atoms with Gasteiger partial charge >= 0.3 is 23.9 Å². The molecule has 1 aliphatic heterocycles.